The van der Waals surface area contributed by atoms with E-state index < -0.39 is 6.10 Å². The molecule has 1 saturated heterocycles. The first-order chi connectivity index (χ1) is 11.1. The highest BCUT2D eigenvalue weighted by atomic mass is 32.1. The van der Waals surface area contributed by atoms with Gasteiger partial charge in [-0.15, -0.1) is 21.5 Å². The zero-order valence-electron chi connectivity index (χ0n) is 12.8. The Labute approximate surface area is 137 Å². The Morgan fingerprint density at radius 3 is 3.09 bits per heavy atom. The Morgan fingerprint density at radius 2 is 2.43 bits per heavy atom. The van der Waals surface area contributed by atoms with Crippen molar-refractivity contribution in [2.45, 2.75) is 38.6 Å². The summed E-state index contributed by atoms with van der Waals surface area (Å²) in [6.07, 6.45) is 1.37. The molecule has 0 radical (unpaired) electrons. The van der Waals surface area contributed by atoms with Crippen molar-refractivity contribution in [1.29, 1.82) is 0 Å². The molecule has 3 rings (SSSR count). The second-order valence-electron chi connectivity index (χ2n) is 5.59. The molecule has 0 unspecified atom stereocenters. The van der Waals surface area contributed by atoms with Crippen molar-refractivity contribution in [2.75, 3.05) is 13.1 Å². The lowest BCUT2D eigenvalue weighted by atomic mass is 10.0. The number of piperidine rings is 1. The first-order valence-corrected chi connectivity index (χ1v) is 8.29. The van der Waals surface area contributed by atoms with Crippen molar-refractivity contribution in [3.8, 4) is 0 Å². The number of nitrogens with zero attached hydrogens (tertiary/aromatic N) is 6. The van der Waals surface area contributed by atoms with Crippen LogP contribution in [0, 0.1) is 6.92 Å². The van der Waals surface area contributed by atoms with Crippen molar-refractivity contribution < 1.29 is 9.90 Å². The van der Waals surface area contributed by atoms with E-state index in [4.69, 9.17) is 0 Å². The Balaban J connectivity index is 1.47. The number of carbonyl (C=O) groups excluding carboxylic acids is 1. The van der Waals surface area contributed by atoms with Crippen LogP contribution in [0.3, 0.4) is 0 Å². The lowest BCUT2D eigenvalue weighted by Gasteiger charge is -2.35. The molecule has 10 heteroatoms. The highest BCUT2D eigenvalue weighted by Crippen LogP contribution is 2.16. The molecule has 0 saturated carbocycles. The van der Waals surface area contributed by atoms with Crippen LogP contribution < -0.4 is 5.32 Å². The third-order valence-corrected chi connectivity index (χ3v) is 4.56. The van der Waals surface area contributed by atoms with Crippen LogP contribution in [0.2, 0.25) is 0 Å². The second kappa shape index (κ2) is 7.11. The molecule has 1 aliphatic heterocycles. The summed E-state index contributed by atoms with van der Waals surface area (Å²) in [6, 6.07) is -0.251. The molecule has 0 bridgehead atoms. The van der Waals surface area contributed by atoms with Gasteiger partial charge in [-0.25, -0.2) is 4.98 Å². The number of likely N-dealkylation sites (tertiary alicyclic amines) is 1. The summed E-state index contributed by atoms with van der Waals surface area (Å²) in [6.45, 7) is 4.04. The van der Waals surface area contributed by atoms with Gasteiger partial charge < -0.3 is 10.4 Å². The first kappa shape index (κ1) is 16.0. The molecule has 2 aromatic rings. The van der Waals surface area contributed by atoms with Crippen molar-refractivity contribution >= 4 is 17.2 Å². The van der Waals surface area contributed by atoms with Crippen molar-refractivity contribution in [3.05, 3.63) is 22.4 Å². The maximum atomic E-state index is 11.9. The number of hydrogen-bond donors (Lipinski definition) is 2. The molecule has 1 fully saturated rings. The second-order valence-corrected chi connectivity index (χ2v) is 6.65. The summed E-state index contributed by atoms with van der Waals surface area (Å²) in [5.74, 6) is -0.226. The van der Waals surface area contributed by atoms with Crippen LogP contribution in [-0.4, -0.2) is 66.3 Å². The van der Waals surface area contributed by atoms with Crippen LogP contribution in [-0.2, 0) is 17.9 Å². The van der Waals surface area contributed by atoms with E-state index in [0.29, 0.717) is 13.0 Å². The molecular formula is C13H19N7O2S. The number of carbonyl (C=O) groups is 1. The molecule has 2 aromatic heterocycles. The monoisotopic (exact) mass is 337 g/mol. The van der Waals surface area contributed by atoms with Gasteiger partial charge in [-0.05, 0) is 18.6 Å². The Morgan fingerprint density at radius 1 is 1.57 bits per heavy atom. The molecule has 0 aliphatic carbocycles. The number of β-amino-alcohol motifs (C(OH)–C–C–N with tert-alkyl or cyclic N) is 1. The van der Waals surface area contributed by atoms with Gasteiger partial charge in [-0.3, -0.25) is 9.69 Å². The average molecular weight is 337 g/mol. The zero-order chi connectivity index (χ0) is 16.2. The summed E-state index contributed by atoms with van der Waals surface area (Å²) in [5, 5.41) is 27.2. The number of thiazole rings is 1. The van der Waals surface area contributed by atoms with Gasteiger partial charge in [0.2, 0.25) is 5.91 Å². The van der Waals surface area contributed by atoms with E-state index in [1.54, 1.807) is 11.3 Å². The molecule has 2 N–H and O–H groups in total. The largest absolute Gasteiger partial charge is 0.390 e. The highest BCUT2D eigenvalue weighted by molar-refractivity contribution is 7.09. The fourth-order valence-corrected chi connectivity index (χ4v) is 3.26. The molecule has 2 atom stereocenters. The van der Waals surface area contributed by atoms with Crippen LogP contribution >= 0.6 is 11.3 Å². The van der Waals surface area contributed by atoms with Gasteiger partial charge in [0.05, 0.1) is 22.8 Å². The van der Waals surface area contributed by atoms with Crippen molar-refractivity contribution in [2.24, 2.45) is 0 Å². The number of amides is 1. The van der Waals surface area contributed by atoms with Crippen LogP contribution in [0.5, 0.6) is 0 Å². The number of tetrazole rings is 1. The van der Waals surface area contributed by atoms with Crippen molar-refractivity contribution in [1.82, 2.24) is 35.4 Å². The molecule has 9 nitrogen and oxygen atoms in total. The average Bonchev–Trinajstić information content (AvgIpc) is 3.14. The minimum absolute atomic E-state index is 0.00499. The molecule has 0 aromatic carbocycles. The topological polar surface area (TPSA) is 109 Å². The number of aromatic nitrogens is 5. The van der Waals surface area contributed by atoms with Crippen LogP contribution in [0.15, 0.2) is 11.7 Å². The number of aliphatic hydroxyl groups is 1. The summed E-state index contributed by atoms with van der Waals surface area (Å²) >= 11 is 1.63. The highest BCUT2D eigenvalue weighted by Gasteiger charge is 2.29. The van der Waals surface area contributed by atoms with Gasteiger partial charge in [-0.1, -0.05) is 0 Å². The molecule has 124 valence electrons. The molecular weight excluding hydrogens is 318 g/mol. The summed E-state index contributed by atoms with van der Waals surface area (Å²) in [4.78, 5) is 19.7. The smallest absolute Gasteiger partial charge is 0.243 e. The normalized spacial score (nSPS) is 22.2. The molecule has 1 aliphatic rings. The van der Waals surface area contributed by atoms with Gasteiger partial charge in [0, 0.05) is 25.0 Å². The SMILES string of the molecule is Cc1nc(CN2CC[C@@H](NC(=O)Cn3ncnn3)[C@H](O)C2)cs1. The molecule has 3 heterocycles. The molecule has 23 heavy (non-hydrogen) atoms. The third-order valence-electron chi connectivity index (χ3n) is 3.74. The minimum atomic E-state index is -0.601. The Kier molecular flexibility index (Phi) is 4.94. The fourth-order valence-electron chi connectivity index (χ4n) is 2.66. The van der Waals surface area contributed by atoms with E-state index in [0.717, 1.165) is 23.8 Å². The number of nitrogens with one attached hydrogen (secondary N) is 1. The lowest BCUT2D eigenvalue weighted by molar-refractivity contribution is -0.124. The standard InChI is InChI=1S/C13H19N7O2S/c1-9-16-10(7-23-9)4-19-3-2-11(12(21)5-19)17-13(22)6-20-15-8-14-18-20/h7-8,11-12,21H,2-6H2,1H3,(H,17,22)/t11-,12-/m1/s1. The number of hydrogen-bond acceptors (Lipinski definition) is 8. The lowest BCUT2D eigenvalue weighted by Crippen LogP contribution is -2.54. The summed E-state index contributed by atoms with van der Waals surface area (Å²) < 4.78 is 0. The van der Waals surface area contributed by atoms with Gasteiger partial charge >= 0.3 is 0 Å². The summed E-state index contributed by atoms with van der Waals surface area (Å²) in [5.41, 5.74) is 1.03. The van der Waals surface area contributed by atoms with Crippen LogP contribution in [0.4, 0.5) is 0 Å². The van der Waals surface area contributed by atoms with E-state index in [9.17, 15) is 9.90 Å². The molecule has 0 spiro atoms. The predicted octanol–water partition coefficient (Wildman–Crippen LogP) is -0.810. The van der Waals surface area contributed by atoms with E-state index in [1.807, 2.05) is 12.3 Å². The minimum Gasteiger partial charge on any atom is -0.390 e. The van der Waals surface area contributed by atoms with Crippen LogP contribution in [0.1, 0.15) is 17.1 Å². The maximum Gasteiger partial charge on any atom is 0.243 e. The first-order valence-electron chi connectivity index (χ1n) is 7.41. The van der Waals surface area contributed by atoms with E-state index in [1.165, 1.54) is 11.1 Å². The van der Waals surface area contributed by atoms with E-state index in [-0.39, 0.29) is 18.5 Å². The quantitative estimate of drug-likeness (QED) is 0.734. The zero-order valence-corrected chi connectivity index (χ0v) is 13.6. The van der Waals surface area contributed by atoms with Crippen LogP contribution in [0.25, 0.3) is 0 Å². The van der Waals surface area contributed by atoms with Gasteiger partial charge in [0.25, 0.3) is 0 Å². The number of aryl methyl sites for hydroxylation is 1. The fraction of sp³-hybridized carbons (Fsp3) is 0.615. The van der Waals surface area contributed by atoms with E-state index in [2.05, 4.69) is 30.6 Å². The predicted molar refractivity (Wildman–Crippen MR) is 82.5 cm³/mol. The number of rotatable bonds is 5. The van der Waals surface area contributed by atoms with Gasteiger partial charge in [0.1, 0.15) is 6.54 Å². The van der Waals surface area contributed by atoms with Gasteiger partial charge in [0.15, 0.2) is 6.33 Å². The summed E-state index contributed by atoms with van der Waals surface area (Å²) in [7, 11) is 0. The van der Waals surface area contributed by atoms with Gasteiger partial charge in [-0.2, -0.15) is 4.80 Å². The molecule has 1 amide bonds. The maximum absolute atomic E-state index is 11.9. The number of aliphatic hydroxyl groups excluding tert-OH is 1. The van der Waals surface area contributed by atoms with Crippen molar-refractivity contribution in [3.63, 3.8) is 0 Å². The van der Waals surface area contributed by atoms with E-state index >= 15 is 0 Å². The third kappa shape index (κ3) is 4.30. The Hall–Kier alpha value is -1.91. The Bertz CT molecular complexity index is 645.